The molecule has 0 atom stereocenters. The van der Waals surface area contributed by atoms with Crippen molar-refractivity contribution in [2.75, 3.05) is 19.5 Å². The van der Waals surface area contributed by atoms with Gasteiger partial charge >= 0.3 is 51.7 Å². The summed E-state index contributed by atoms with van der Waals surface area (Å²) in [5, 5.41) is 7.98. The summed E-state index contributed by atoms with van der Waals surface area (Å²) in [5.41, 5.74) is -0.238. The maximum Gasteiger partial charge on any atom is 2.00 e. The number of nitrogens with zero attached hydrogens (tertiary/aromatic N) is 4. The molecule has 3 heterocycles. The van der Waals surface area contributed by atoms with Crippen molar-refractivity contribution in [1.82, 2.24) is 18.4 Å². The molecule has 9 aromatic rings. The molecule has 0 unspecified atom stereocenters. The van der Waals surface area contributed by atoms with Crippen LogP contribution >= 0.6 is 15.9 Å². The molecule has 0 amide bonds. The molecule has 26 heteroatoms. The van der Waals surface area contributed by atoms with Gasteiger partial charge in [0, 0.05) is 42.2 Å². The molecule has 0 aliphatic carbocycles. The molecule has 1 saturated heterocycles. The molecule has 13 nitrogen and oxygen atoms in total. The van der Waals surface area contributed by atoms with Gasteiger partial charge in [0.2, 0.25) is 0 Å². The summed E-state index contributed by atoms with van der Waals surface area (Å²) in [6.45, 7) is 8.54. The molecule has 0 saturated carbocycles. The van der Waals surface area contributed by atoms with Crippen molar-refractivity contribution in [3.63, 3.8) is 0 Å². The molecule has 1 aliphatic rings. The predicted octanol–water partition coefficient (Wildman–Crippen LogP) is 8.63. The zero-order valence-corrected chi connectivity index (χ0v) is 54.5. The average molecular weight is 1380 g/mol. The van der Waals surface area contributed by atoms with Crippen LogP contribution in [0.3, 0.4) is 0 Å². The normalized spacial score (nSPS) is 11.6. The molecule has 1 aliphatic heterocycles. The second-order valence-corrected chi connectivity index (χ2v) is 24.1. The first kappa shape index (κ1) is 73.4. The topological polar surface area (TPSA) is 181 Å². The van der Waals surface area contributed by atoms with Crippen LogP contribution < -0.4 is 28.1 Å². The van der Waals surface area contributed by atoms with Crippen molar-refractivity contribution in [3.05, 3.63) is 252 Å². The third kappa shape index (κ3) is 18.8. The predicted molar refractivity (Wildman–Crippen MR) is 316 cm³/mol. The fourth-order valence-corrected chi connectivity index (χ4v) is 11.6. The van der Waals surface area contributed by atoms with Crippen LogP contribution in [-0.4, -0.2) is 109 Å². The Bertz CT molecular complexity index is 4160. The van der Waals surface area contributed by atoms with Gasteiger partial charge in [-0.2, -0.15) is 33.1 Å². The fraction of sp³-hybridized carbons (Fsp3) is 0.153. The molecule has 0 N–H and O–H groups in total. The van der Waals surface area contributed by atoms with Gasteiger partial charge in [0.25, 0.3) is 25.6 Å². The van der Waals surface area contributed by atoms with Gasteiger partial charge in [-0.15, -0.1) is 26.4 Å². The Hall–Kier alpha value is -5.82. The average Bonchev–Trinajstić information content (AvgIpc) is 3.97. The van der Waals surface area contributed by atoms with Crippen LogP contribution in [0.2, 0.25) is 0 Å². The number of halogens is 8. The van der Waals surface area contributed by atoms with E-state index in [4.69, 9.17) is 4.74 Å². The smallest absolute Gasteiger partial charge is 1.00 e. The van der Waals surface area contributed by atoms with E-state index in [9.17, 15) is 61.2 Å². The Morgan fingerprint density at radius 2 is 0.847 bits per heavy atom. The number of rotatable bonds is 8. The molecule has 0 radical (unpaired) electrons. The third-order valence-corrected chi connectivity index (χ3v) is 16.7. The maximum absolute atomic E-state index is 14.8. The zero-order chi connectivity index (χ0) is 60.1. The molecule has 440 valence electrons. The van der Waals surface area contributed by atoms with Gasteiger partial charge in [-0.3, -0.25) is 9.59 Å². The van der Waals surface area contributed by atoms with E-state index in [1.807, 2.05) is 6.07 Å². The zero-order valence-electron chi connectivity index (χ0n) is 48.0. The van der Waals surface area contributed by atoms with Gasteiger partial charge in [0.05, 0.1) is 36.8 Å². The summed E-state index contributed by atoms with van der Waals surface area (Å²) >= 11 is 2.73. The van der Waals surface area contributed by atoms with Crippen LogP contribution in [0.1, 0.15) is 38.2 Å². The van der Waals surface area contributed by atoms with Crippen LogP contribution in [0.4, 0.5) is 26.3 Å². The van der Waals surface area contributed by atoms with Crippen LogP contribution in [0.25, 0.3) is 33.4 Å². The van der Waals surface area contributed by atoms with Crippen LogP contribution in [0.5, 0.6) is 0 Å². The van der Waals surface area contributed by atoms with Gasteiger partial charge in [-0.25, -0.2) is 34.8 Å². The van der Waals surface area contributed by atoms with Gasteiger partial charge < -0.3 is 24.6 Å². The second-order valence-electron chi connectivity index (χ2n) is 17.9. The van der Waals surface area contributed by atoms with Crippen LogP contribution in [0.15, 0.2) is 193 Å². The number of ether oxygens (including phenoxy) is 1. The molecule has 0 spiro atoms. The van der Waals surface area contributed by atoms with Crippen LogP contribution in [-0.2, 0) is 34.6 Å². The molecule has 1 fully saturated rings. The largest absolute Gasteiger partial charge is 2.00 e. The summed E-state index contributed by atoms with van der Waals surface area (Å²) in [5.74, 6) is -4.44. The molecule has 0 bridgehead atoms. The van der Waals surface area contributed by atoms with E-state index < -0.39 is 91.9 Å². The van der Waals surface area contributed by atoms with E-state index in [0.717, 1.165) is 54.9 Å². The maximum atomic E-state index is 14.8. The number of sulfone groups is 1. The standard InChI is InChI=1S/C24H18F2N2O3S.C19H18N2O5S2.C6H3BrF2.C6H3F2.C4H8O.BrH.2Mg.2H/c1-15-11-13-18(14-12-15)32(30,31)28-24(29)23(22-19(25)9-6-10-20(22)26)21(16(2)27-28)17-7-4-3-5-8-17;1-13-9-11-16(12-10-13)28(25,26)21-19(22)18(27(3,23)24)17(14(2)20-21)15-7-5-4-6-8-15;7-6-4(8)2-1-3-5(6)9;7-5-2-1-3-6(8)4-5;1-2-4-5-3-1;;;;;/h3-14H,1-2H3;4-12H,1-3H3;1-3H;1-3H;1-4H2;1H;;;;/q;;;-1;;;2*+2;2*-1/p-1. The number of aryl methyl sites for hydroxylation is 4. The second kappa shape index (κ2) is 32.8. The minimum atomic E-state index is -4.42. The van der Waals surface area contributed by atoms with E-state index in [-0.39, 0.29) is 107 Å². The quantitative estimate of drug-likeness (QED) is 0.0615. The van der Waals surface area contributed by atoms with E-state index in [0.29, 0.717) is 15.2 Å². The Labute approximate surface area is 542 Å². The van der Waals surface area contributed by atoms with E-state index in [1.165, 1.54) is 81.3 Å². The minimum absolute atomic E-state index is 0. The van der Waals surface area contributed by atoms with Gasteiger partial charge in [-0.05, 0) is 116 Å². The summed E-state index contributed by atoms with van der Waals surface area (Å²) < 4.78 is 161. The Morgan fingerprint density at radius 1 is 0.482 bits per heavy atom. The minimum Gasteiger partial charge on any atom is -1.00 e. The summed E-state index contributed by atoms with van der Waals surface area (Å²) in [6, 6.07) is 40.9. The Kier molecular flexibility index (Phi) is 28.3. The summed E-state index contributed by atoms with van der Waals surface area (Å²) in [4.78, 5) is 25.6. The van der Waals surface area contributed by atoms with E-state index in [2.05, 4.69) is 26.1 Å². The van der Waals surface area contributed by atoms with Crippen molar-refractivity contribution in [2.45, 2.75) is 55.2 Å². The number of hydrogen-bond acceptors (Lipinski definition) is 11. The van der Waals surface area contributed by atoms with E-state index >= 15 is 0 Å². The number of aromatic nitrogens is 4. The first-order valence-electron chi connectivity index (χ1n) is 24.4. The van der Waals surface area contributed by atoms with Gasteiger partial charge in [0.15, 0.2) is 9.84 Å². The molecule has 85 heavy (non-hydrogen) atoms. The van der Waals surface area contributed by atoms with E-state index in [1.54, 1.807) is 98.8 Å². The fourth-order valence-electron chi connectivity index (χ4n) is 7.77. The summed E-state index contributed by atoms with van der Waals surface area (Å²) in [6.07, 6.45) is 3.43. The first-order chi connectivity index (χ1) is 38.7. The SMILES string of the molecule is C1CCOC1.Cc1ccc(S(=O)(=O)n2nc(C)c(-c3ccccc3)c(-c3c(F)cccc3F)c2=O)cc1.Cc1ccc(S(=O)(=O)n2nc(C)c(-c3ccccc3)c(S(C)(=O)=O)c2=O)cc1.Fc1[c-]c(F)ccc1.Fc1cccc(F)c1Br.[Br-].[H-].[H-].[Mg+2].[Mg+2]. The van der Waals surface area contributed by atoms with Crippen molar-refractivity contribution >= 4 is 91.9 Å². The monoisotopic (exact) mass is 1380 g/mol. The number of hydrogen-bond donors (Lipinski definition) is 0. The van der Waals surface area contributed by atoms with Gasteiger partial charge in [-0.1, -0.05) is 108 Å². The number of benzene rings is 7. The molecular formula is C59H52Br2F6Mg2N4O9S3. The van der Waals surface area contributed by atoms with Crippen molar-refractivity contribution in [1.29, 1.82) is 0 Å². The Morgan fingerprint density at radius 3 is 1.20 bits per heavy atom. The Balaban J connectivity index is 0.000000619. The molecule has 2 aromatic heterocycles. The van der Waals surface area contributed by atoms with Gasteiger partial charge in [0.1, 0.15) is 28.2 Å². The molecule has 10 rings (SSSR count). The third-order valence-electron chi connectivity index (χ3n) is 11.7. The van der Waals surface area contributed by atoms with Crippen LogP contribution in [0, 0.1) is 68.7 Å². The molecule has 7 aromatic carbocycles. The van der Waals surface area contributed by atoms with Crippen molar-refractivity contribution in [2.24, 2.45) is 0 Å². The first-order valence-corrected chi connectivity index (χ1v) is 30.0. The van der Waals surface area contributed by atoms with Crippen molar-refractivity contribution < 1.29 is 76.2 Å². The summed E-state index contributed by atoms with van der Waals surface area (Å²) in [7, 11) is -12.8. The molecular weight excluding hydrogens is 1330 g/mol. The van der Waals surface area contributed by atoms with Crippen molar-refractivity contribution in [3.8, 4) is 33.4 Å².